The van der Waals surface area contributed by atoms with E-state index in [1.54, 1.807) is 0 Å². The topological polar surface area (TPSA) is 64.7 Å². The zero-order chi connectivity index (χ0) is 26.2. The lowest BCUT2D eigenvalue weighted by Gasteiger charge is -2.20. The molecule has 4 rings (SSSR count). The van der Waals surface area contributed by atoms with Crippen LogP contribution in [0.1, 0.15) is 25.0 Å². The second kappa shape index (κ2) is 13.0. The molecule has 0 atom stereocenters. The van der Waals surface area contributed by atoms with Crippen LogP contribution in [-0.2, 0) is 9.59 Å². The van der Waals surface area contributed by atoms with E-state index in [1.165, 1.54) is 29.2 Å². The molecule has 2 fully saturated rings. The van der Waals surface area contributed by atoms with Crippen LogP contribution in [0.3, 0.4) is 0 Å². The van der Waals surface area contributed by atoms with E-state index in [0.717, 1.165) is 29.9 Å². The number of benzene rings is 2. The summed E-state index contributed by atoms with van der Waals surface area (Å²) in [6.45, 7) is 6.26. The van der Waals surface area contributed by atoms with Crippen molar-refractivity contribution in [2.75, 3.05) is 37.0 Å². The summed E-state index contributed by atoms with van der Waals surface area (Å²) in [5.74, 6) is -0.223. The predicted molar refractivity (Wildman–Crippen MR) is 163 cm³/mol. The van der Waals surface area contributed by atoms with Crippen LogP contribution in [-0.4, -0.2) is 47.6 Å². The fourth-order valence-corrected chi connectivity index (χ4v) is 5.47. The Morgan fingerprint density at radius 1 is 0.722 bits per heavy atom. The summed E-state index contributed by atoms with van der Waals surface area (Å²) in [6, 6.07) is 16.2. The van der Waals surface area contributed by atoms with Crippen molar-refractivity contribution in [2.45, 2.75) is 13.8 Å². The molecule has 6 nitrogen and oxygen atoms in total. The highest BCUT2D eigenvalue weighted by atomic mass is 32.2. The number of carbonyl (C=O) groups excluding carboxylic acids is 2. The molecule has 2 saturated heterocycles. The maximum absolute atomic E-state index is 11.6. The zero-order valence-corrected chi connectivity index (χ0v) is 23.8. The Labute approximate surface area is 231 Å². The molecule has 2 aliphatic rings. The average Bonchev–Trinajstić information content (AvgIpc) is 3.34. The standard InChI is InChI=1S/C14H16N2OS2.C12H12N2OS2/c1-3-16(4-2)11-7-5-10(6-8-11)9-12-13(17)15-14(18)19-12;1-14(2)9-5-3-8(4-6-9)7-10-11(15)13-12(16)17-10/h5-9H,3-4H2,1-2H3,(H,15,17,18);3-7H,1-2H3,(H,13,15,16)/b12-9+;10-7+. The Kier molecular flexibility index (Phi) is 10.1. The van der Waals surface area contributed by atoms with Gasteiger partial charge in [-0.25, -0.2) is 0 Å². The van der Waals surface area contributed by atoms with Gasteiger partial charge in [-0.2, -0.15) is 0 Å². The average molecular weight is 557 g/mol. The molecule has 188 valence electrons. The number of thioether (sulfide) groups is 2. The minimum Gasteiger partial charge on any atom is -0.378 e. The summed E-state index contributed by atoms with van der Waals surface area (Å²) in [6.07, 6.45) is 3.71. The number of hydrogen-bond donors (Lipinski definition) is 2. The van der Waals surface area contributed by atoms with Gasteiger partial charge in [-0.05, 0) is 61.4 Å². The van der Waals surface area contributed by atoms with Crippen molar-refractivity contribution in [3.05, 3.63) is 69.5 Å². The van der Waals surface area contributed by atoms with Gasteiger partial charge in [-0.1, -0.05) is 72.2 Å². The van der Waals surface area contributed by atoms with Crippen molar-refractivity contribution in [3.8, 4) is 0 Å². The van der Waals surface area contributed by atoms with Gasteiger partial charge in [0.1, 0.15) is 8.64 Å². The maximum Gasteiger partial charge on any atom is 0.263 e. The Morgan fingerprint density at radius 2 is 1.11 bits per heavy atom. The van der Waals surface area contributed by atoms with E-state index >= 15 is 0 Å². The third-order valence-corrected chi connectivity index (χ3v) is 7.64. The van der Waals surface area contributed by atoms with Crippen LogP contribution in [0.5, 0.6) is 0 Å². The summed E-state index contributed by atoms with van der Waals surface area (Å²) in [5.41, 5.74) is 4.34. The molecular formula is C26H28N4O2S4. The molecule has 0 saturated carbocycles. The molecule has 0 bridgehead atoms. The van der Waals surface area contributed by atoms with Gasteiger partial charge in [0.15, 0.2) is 0 Å². The second-order valence-corrected chi connectivity index (χ2v) is 11.4. The highest BCUT2D eigenvalue weighted by Crippen LogP contribution is 2.27. The number of rotatable bonds is 6. The Bertz CT molecular complexity index is 1200. The van der Waals surface area contributed by atoms with Gasteiger partial charge in [0.25, 0.3) is 11.8 Å². The Balaban J connectivity index is 0.000000202. The lowest BCUT2D eigenvalue weighted by atomic mass is 10.2. The van der Waals surface area contributed by atoms with E-state index in [2.05, 4.69) is 41.5 Å². The van der Waals surface area contributed by atoms with Crippen LogP contribution in [0, 0.1) is 0 Å². The minimum absolute atomic E-state index is 0.109. The van der Waals surface area contributed by atoms with Crippen LogP contribution in [0.15, 0.2) is 58.3 Å². The van der Waals surface area contributed by atoms with E-state index in [0.29, 0.717) is 18.5 Å². The molecular weight excluding hydrogens is 529 g/mol. The predicted octanol–water partition coefficient (Wildman–Crippen LogP) is 5.26. The highest BCUT2D eigenvalue weighted by Gasteiger charge is 2.22. The van der Waals surface area contributed by atoms with E-state index in [9.17, 15) is 9.59 Å². The summed E-state index contributed by atoms with van der Waals surface area (Å²) in [5, 5.41) is 5.21. The first-order valence-electron chi connectivity index (χ1n) is 11.3. The van der Waals surface area contributed by atoms with Gasteiger partial charge in [0.2, 0.25) is 0 Å². The number of nitrogens with zero attached hydrogens (tertiary/aromatic N) is 2. The van der Waals surface area contributed by atoms with Crippen LogP contribution >= 0.6 is 48.0 Å². The molecule has 0 unspecified atom stereocenters. The van der Waals surface area contributed by atoms with Crippen molar-refractivity contribution < 1.29 is 9.59 Å². The smallest absolute Gasteiger partial charge is 0.263 e. The van der Waals surface area contributed by atoms with Gasteiger partial charge in [-0.3, -0.25) is 9.59 Å². The van der Waals surface area contributed by atoms with Crippen LogP contribution in [0.2, 0.25) is 0 Å². The number of nitrogens with one attached hydrogen (secondary N) is 2. The largest absolute Gasteiger partial charge is 0.378 e. The molecule has 2 aromatic rings. The van der Waals surface area contributed by atoms with Crippen molar-refractivity contribution in [1.29, 1.82) is 0 Å². The number of carbonyl (C=O) groups is 2. The van der Waals surface area contributed by atoms with Crippen molar-refractivity contribution in [1.82, 2.24) is 10.6 Å². The lowest BCUT2D eigenvalue weighted by molar-refractivity contribution is -0.116. The number of thiocarbonyl (C=S) groups is 2. The molecule has 2 amide bonds. The number of anilines is 2. The molecule has 2 aliphatic heterocycles. The van der Waals surface area contributed by atoms with Crippen LogP contribution in [0.25, 0.3) is 12.2 Å². The minimum atomic E-state index is -0.114. The molecule has 2 heterocycles. The molecule has 0 aliphatic carbocycles. The third-order valence-electron chi connectivity index (χ3n) is 5.31. The fourth-order valence-electron chi connectivity index (χ4n) is 3.38. The molecule has 0 spiro atoms. The summed E-state index contributed by atoms with van der Waals surface area (Å²) in [4.78, 5) is 28.6. The Hall–Kier alpha value is -2.66. The summed E-state index contributed by atoms with van der Waals surface area (Å²) < 4.78 is 1.04. The lowest BCUT2D eigenvalue weighted by Crippen LogP contribution is -2.21. The molecule has 0 aromatic heterocycles. The molecule has 36 heavy (non-hydrogen) atoms. The third kappa shape index (κ3) is 7.67. The molecule has 10 heteroatoms. The quantitative estimate of drug-likeness (QED) is 0.369. The summed E-state index contributed by atoms with van der Waals surface area (Å²) >= 11 is 12.5. The fraction of sp³-hybridized carbons (Fsp3) is 0.231. The monoisotopic (exact) mass is 556 g/mol. The number of hydrogen-bond acceptors (Lipinski definition) is 8. The number of amides is 2. The van der Waals surface area contributed by atoms with Gasteiger partial charge >= 0.3 is 0 Å². The van der Waals surface area contributed by atoms with Gasteiger partial charge < -0.3 is 20.4 Å². The van der Waals surface area contributed by atoms with Gasteiger partial charge in [-0.15, -0.1) is 0 Å². The zero-order valence-electron chi connectivity index (χ0n) is 20.5. The van der Waals surface area contributed by atoms with E-state index in [1.807, 2.05) is 67.5 Å². The first-order valence-corrected chi connectivity index (χ1v) is 13.8. The maximum atomic E-state index is 11.6. The van der Waals surface area contributed by atoms with Crippen molar-refractivity contribution in [2.24, 2.45) is 0 Å². The van der Waals surface area contributed by atoms with Gasteiger partial charge in [0, 0.05) is 38.6 Å². The van der Waals surface area contributed by atoms with Crippen LogP contribution in [0.4, 0.5) is 11.4 Å². The Morgan fingerprint density at radius 3 is 1.42 bits per heavy atom. The molecule has 0 radical (unpaired) electrons. The molecule has 2 N–H and O–H groups in total. The van der Waals surface area contributed by atoms with E-state index in [4.69, 9.17) is 24.4 Å². The first-order chi connectivity index (χ1) is 17.2. The SMILES string of the molecule is CCN(CC)c1ccc(/C=C2/SC(=S)NC2=O)cc1.CN(C)c1ccc(/C=C2/SC(=S)NC2=O)cc1. The molecule has 2 aromatic carbocycles. The van der Waals surface area contributed by atoms with E-state index < -0.39 is 0 Å². The first kappa shape index (κ1) is 27.9. The van der Waals surface area contributed by atoms with Crippen LogP contribution < -0.4 is 20.4 Å². The summed E-state index contributed by atoms with van der Waals surface area (Å²) in [7, 11) is 3.98. The van der Waals surface area contributed by atoms with Gasteiger partial charge in [0.05, 0.1) is 9.81 Å². The highest BCUT2D eigenvalue weighted by molar-refractivity contribution is 8.27. The second-order valence-electron chi connectivity index (χ2n) is 7.95. The van der Waals surface area contributed by atoms with Crippen molar-refractivity contribution >= 4 is 91.9 Å². The van der Waals surface area contributed by atoms with E-state index in [-0.39, 0.29) is 11.8 Å². The van der Waals surface area contributed by atoms with Crippen molar-refractivity contribution in [3.63, 3.8) is 0 Å². The normalized spacial score (nSPS) is 17.1.